The van der Waals surface area contributed by atoms with Crippen LogP contribution >= 0.6 is 11.5 Å². The number of aromatic nitrogens is 2. The molecule has 4 rings (SSSR count). The molecule has 2 heterocycles. The van der Waals surface area contributed by atoms with Gasteiger partial charge in [-0.15, -0.1) is 0 Å². The zero-order valence-corrected chi connectivity index (χ0v) is 18.3. The molecule has 2 aromatic carbocycles. The summed E-state index contributed by atoms with van der Waals surface area (Å²) in [5, 5.41) is 6.84. The maximum Gasteiger partial charge on any atom is 0.319 e. The Kier molecular flexibility index (Phi) is 6.76. The second-order valence-electron chi connectivity index (χ2n) is 7.88. The van der Waals surface area contributed by atoms with E-state index in [9.17, 15) is 9.18 Å². The average molecular weight is 440 g/mol. The van der Waals surface area contributed by atoms with Gasteiger partial charge in [0.2, 0.25) is 5.13 Å². The molecule has 3 aromatic rings. The number of hydrogen-bond acceptors (Lipinski definition) is 5. The molecule has 1 aliphatic rings. The van der Waals surface area contributed by atoms with Gasteiger partial charge < -0.3 is 15.5 Å². The van der Waals surface area contributed by atoms with Crippen LogP contribution in [-0.2, 0) is 6.42 Å². The summed E-state index contributed by atoms with van der Waals surface area (Å²) in [7, 11) is 0. The average Bonchev–Trinajstić information content (AvgIpc) is 3.24. The summed E-state index contributed by atoms with van der Waals surface area (Å²) in [6.07, 6.45) is 2.60. The van der Waals surface area contributed by atoms with Crippen molar-refractivity contribution in [2.75, 3.05) is 29.9 Å². The minimum atomic E-state index is -0.235. The highest BCUT2D eigenvalue weighted by Crippen LogP contribution is 2.25. The number of benzene rings is 2. The Morgan fingerprint density at radius 1 is 1.16 bits per heavy atom. The smallest absolute Gasteiger partial charge is 0.319 e. The predicted octanol–water partition coefficient (Wildman–Crippen LogP) is 4.61. The van der Waals surface area contributed by atoms with E-state index >= 15 is 0 Å². The Balaban J connectivity index is 1.22. The molecule has 0 spiro atoms. The number of para-hydroxylation sites is 1. The zero-order valence-electron chi connectivity index (χ0n) is 17.5. The van der Waals surface area contributed by atoms with E-state index < -0.39 is 0 Å². The van der Waals surface area contributed by atoms with Crippen LogP contribution in [0.15, 0.2) is 48.5 Å². The monoisotopic (exact) mass is 439 g/mol. The predicted molar refractivity (Wildman–Crippen MR) is 122 cm³/mol. The number of urea groups is 1. The van der Waals surface area contributed by atoms with Gasteiger partial charge >= 0.3 is 6.03 Å². The van der Waals surface area contributed by atoms with Crippen molar-refractivity contribution in [1.29, 1.82) is 0 Å². The van der Waals surface area contributed by atoms with E-state index in [2.05, 4.69) is 24.9 Å². The summed E-state index contributed by atoms with van der Waals surface area (Å²) in [6, 6.07) is 14.0. The molecule has 1 aromatic heterocycles. The molecule has 1 saturated heterocycles. The van der Waals surface area contributed by atoms with Crippen LogP contribution in [0.3, 0.4) is 0 Å². The van der Waals surface area contributed by atoms with Crippen LogP contribution in [0, 0.1) is 18.7 Å². The van der Waals surface area contributed by atoms with Crippen molar-refractivity contribution in [3.8, 4) is 0 Å². The summed E-state index contributed by atoms with van der Waals surface area (Å²) in [6.45, 7) is 4.44. The molecule has 0 aliphatic carbocycles. The highest BCUT2D eigenvalue weighted by atomic mass is 32.1. The number of aryl methyl sites for hydroxylation is 1. The summed E-state index contributed by atoms with van der Waals surface area (Å²) in [5.74, 6) is 0.981. The molecule has 2 N–H and O–H groups in total. The van der Waals surface area contributed by atoms with Crippen molar-refractivity contribution in [2.45, 2.75) is 26.2 Å². The van der Waals surface area contributed by atoms with Gasteiger partial charge in [0, 0.05) is 43.3 Å². The van der Waals surface area contributed by atoms with Crippen LogP contribution < -0.4 is 15.5 Å². The summed E-state index contributed by atoms with van der Waals surface area (Å²) >= 11 is 1.41. The maximum absolute atomic E-state index is 13.1. The minimum Gasteiger partial charge on any atom is -0.347 e. The fraction of sp³-hybridized carbons (Fsp3) is 0.348. The normalized spacial score (nSPS) is 14.5. The van der Waals surface area contributed by atoms with Gasteiger partial charge in [0.1, 0.15) is 11.6 Å². The van der Waals surface area contributed by atoms with Crippen molar-refractivity contribution in [1.82, 2.24) is 14.7 Å². The van der Waals surface area contributed by atoms with E-state index in [1.54, 1.807) is 12.1 Å². The Bertz CT molecular complexity index is 1010. The zero-order chi connectivity index (χ0) is 21.6. The fourth-order valence-electron chi connectivity index (χ4n) is 3.67. The van der Waals surface area contributed by atoms with Crippen molar-refractivity contribution in [3.63, 3.8) is 0 Å². The van der Waals surface area contributed by atoms with Crippen LogP contribution in [0.2, 0.25) is 0 Å². The molecule has 8 heteroatoms. The molecule has 0 radical (unpaired) electrons. The van der Waals surface area contributed by atoms with E-state index in [0.29, 0.717) is 18.9 Å². The summed E-state index contributed by atoms with van der Waals surface area (Å²) in [4.78, 5) is 19.1. The highest BCUT2D eigenvalue weighted by molar-refractivity contribution is 7.09. The number of hydrogen-bond donors (Lipinski definition) is 2. The second kappa shape index (κ2) is 9.87. The molecule has 0 atom stereocenters. The van der Waals surface area contributed by atoms with Gasteiger partial charge in [-0.05, 0) is 55.0 Å². The van der Waals surface area contributed by atoms with Crippen molar-refractivity contribution < 1.29 is 9.18 Å². The largest absolute Gasteiger partial charge is 0.347 e. The Morgan fingerprint density at radius 3 is 2.65 bits per heavy atom. The first-order valence-electron chi connectivity index (χ1n) is 10.5. The van der Waals surface area contributed by atoms with Crippen molar-refractivity contribution >= 4 is 28.4 Å². The first kappa shape index (κ1) is 21.2. The minimum absolute atomic E-state index is 0.161. The molecule has 6 nitrogen and oxygen atoms in total. The van der Waals surface area contributed by atoms with E-state index in [4.69, 9.17) is 0 Å². The van der Waals surface area contributed by atoms with Gasteiger partial charge in [-0.3, -0.25) is 0 Å². The number of amides is 2. The molecule has 162 valence electrons. The van der Waals surface area contributed by atoms with Crippen molar-refractivity contribution in [3.05, 3.63) is 71.3 Å². The Morgan fingerprint density at radius 2 is 1.90 bits per heavy atom. The number of rotatable bonds is 6. The highest BCUT2D eigenvalue weighted by Gasteiger charge is 2.22. The maximum atomic E-state index is 13.1. The molecule has 0 bridgehead atoms. The lowest BCUT2D eigenvalue weighted by molar-refractivity contribution is 0.248. The molecule has 1 fully saturated rings. The SMILES string of the molecule is Cc1ccccc1NC(=O)NCC1CCN(c2nc(Cc3ccc(F)cc3)ns2)CC1. The van der Waals surface area contributed by atoms with Gasteiger partial charge in [-0.25, -0.2) is 14.2 Å². The molecule has 2 amide bonds. The number of halogens is 1. The van der Waals surface area contributed by atoms with Crippen molar-refractivity contribution in [2.24, 2.45) is 5.92 Å². The third kappa shape index (κ3) is 5.79. The van der Waals surface area contributed by atoms with Crippen LogP contribution in [0.25, 0.3) is 0 Å². The number of piperidine rings is 1. The standard InChI is InChI=1S/C23H26FN5OS/c1-16-4-2-3-5-20(16)26-22(30)25-15-18-10-12-29(13-11-18)23-27-21(28-31-23)14-17-6-8-19(24)9-7-17/h2-9,18H,10-15H2,1H3,(H2,25,26,30). The third-order valence-corrected chi connectivity index (χ3v) is 6.38. The van der Waals surface area contributed by atoms with Crippen LogP contribution in [-0.4, -0.2) is 35.0 Å². The first-order valence-corrected chi connectivity index (χ1v) is 11.3. The lowest BCUT2D eigenvalue weighted by Gasteiger charge is -2.31. The van der Waals surface area contributed by atoms with Crippen LogP contribution in [0.5, 0.6) is 0 Å². The number of carbonyl (C=O) groups is 1. The van der Waals surface area contributed by atoms with Crippen LogP contribution in [0.4, 0.5) is 20.0 Å². The summed E-state index contributed by atoms with van der Waals surface area (Å²) in [5.41, 5.74) is 2.88. The number of nitrogens with one attached hydrogen (secondary N) is 2. The van der Waals surface area contributed by atoms with Gasteiger partial charge in [-0.2, -0.15) is 4.37 Å². The number of carbonyl (C=O) groups excluding carboxylic acids is 1. The van der Waals surface area contributed by atoms with E-state index in [1.807, 2.05) is 31.2 Å². The van der Waals surface area contributed by atoms with Crippen LogP contribution in [0.1, 0.15) is 29.8 Å². The second-order valence-corrected chi connectivity index (χ2v) is 8.61. The first-order chi connectivity index (χ1) is 15.1. The lowest BCUT2D eigenvalue weighted by Crippen LogP contribution is -2.39. The van der Waals surface area contributed by atoms with E-state index in [0.717, 1.165) is 53.7 Å². The molecular weight excluding hydrogens is 413 g/mol. The number of nitrogens with zero attached hydrogens (tertiary/aromatic N) is 3. The molecule has 31 heavy (non-hydrogen) atoms. The summed E-state index contributed by atoms with van der Waals surface area (Å²) < 4.78 is 17.5. The quantitative estimate of drug-likeness (QED) is 0.588. The van der Waals surface area contributed by atoms with Gasteiger partial charge in [-0.1, -0.05) is 30.3 Å². The topological polar surface area (TPSA) is 70.2 Å². The fourth-order valence-corrected chi connectivity index (χ4v) is 4.41. The molecular formula is C23H26FN5OS. The molecule has 1 aliphatic heterocycles. The van der Waals surface area contributed by atoms with E-state index in [1.165, 1.54) is 23.7 Å². The lowest BCUT2D eigenvalue weighted by atomic mass is 9.97. The molecule has 0 saturated carbocycles. The van der Waals surface area contributed by atoms with Gasteiger partial charge in [0.05, 0.1) is 0 Å². The van der Waals surface area contributed by atoms with E-state index in [-0.39, 0.29) is 11.8 Å². The third-order valence-electron chi connectivity index (χ3n) is 5.56. The molecule has 0 unspecified atom stereocenters. The number of anilines is 2. The van der Waals surface area contributed by atoms with Gasteiger partial charge in [0.25, 0.3) is 0 Å². The Hall–Kier alpha value is -3.00. The Labute approximate surface area is 185 Å². The van der Waals surface area contributed by atoms with Gasteiger partial charge in [0.15, 0.2) is 0 Å².